The molecule has 8 unspecified atom stereocenters. The monoisotopic (exact) mass is 756 g/mol. The van der Waals surface area contributed by atoms with Crippen molar-refractivity contribution in [1.29, 1.82) is 0 Å². The molecular weight excluding hydrogens is 700 g/mol. The smallest absolute Gasteiger partial charge is 0.246 e. The summed E-state index contributed by atoms with van der Waals surface area (Å²) in [4.78, 5) is 110. The molecule has 0 aliphatic carbocycles. The minimum atomic E-state index is -1.57. The molecule has 2 saturated heterocycles. The normalized spacial score (nSPS) is 27.5. The first-order valence-corrected chi connectivity index (χ1v) is 18.5. The van der Waals surface area contributed by atoms with Gasteiger partial charge in [0.15, 0.2) is 0 Å². The van der Waals surface area contributed by atoms with Crippen molar-refractivity contribution in [1.82, 2.24) is 36.8 Å². The Bertz CT molecular complexity index is 1540. The minimum absolute atomic E-state index is 0.0312. The zero-order valence-electron chi connectivity index (χ0n) is 31.8. The quantitative estimate of drug-likeness (QED) is 0.144. The molecule has 0 aromatic heterocycles. The van der Waals surface area contributed by atoms with Crippen molar-refractivity contribution in [2.75, 3.05) is 13.2 Å². The van der Waals surface area contributed by atoms with Gasteiger partial charge in [-0.25, -0.2) is 0 Å². The van der Waals surface area contributed by atoms with Crippen LogP contribution in [0.1, 0.15) is 72.8 Å². The average molecular weight is 757 g/mol. The predicted octanol–water partition coefficient (Wildman–Crippen LogP) is -1.63. The molecule has 8 amide bonds. The lowest BCUT2D eigenvalue weighted by Crippen LogP contribution is -2.62. The Morgan fingerprint density at radius 3 is 1.81 bits per heavy atom. The number of hydrogen-bond acceptors (Lipinski definition) is 9. The number of hydrogen-bond donors (Lipinski definition) is 8. The summed E-state index contributed by atoms with van der Waals surface area (Å²) in [5, 5.41) is 25.8. The van der Waals surface area contributed by atoms with Crippen molar-refractivity contribution >= 4 is 47.3 Å². The highest BCUT2D eigenvalue weighted by Crippen LogP contribution is 2.21. The minimum Gasteiger partial charge on any atom is -0.394 e. The molecule has 0 saturated carbocycles. The van der Waals surface area contributed by atoms with Gasteiger partial charge in [-0.05, 0) is 36.2 Å². The van der Waals surface area contributed by atoms with Crippen LogP contribution >= 0.6 is 0 Å². The number of benzene rings is 1. The van der Waals surface area contributed by atoms with Gasteiger partial charge in [-0.15, -0.1) is 0 Å². The maximum Gasteiger partial charge on any atom is 0.246 e. The van der Waals surface area contributed by atoms with Gasteiger partial charge in [0.05, 0.1) is 13.0 Å². The third-order valence-electron chi connectivity index (χ3n) is 9.88. The Kier molecular flexibility index (Phi) is 15.9. The van der Waals surface area contributed by atoms with E-state index in [4.69, 9.17) is 5.73 Å². The molecule has 17 heteroatoms. The fourth-order valence-electron chi connectivity index (χ4n) is 6.45. The number of primary amides is 1. The van der Waals surface area contributed by atoms with Gasteiger partial charge in [0.25, 0.3) is 0 Å². The molecule has 2 fully saturated rings. The topological polar surface area (TPSA) is 258 Å². The Balaban J connectivity index is 2.12. The SMILES string of the molecule is CCC(C)C1NC(=O)C(CC(N)=O)NC(=O)C(C(C)C)NC(=O)C(Cc2ccccc2)NC(=O)C2CCCN2C(=O)C(C(C)C)NC(=O)C(CO)NC1=O. The van der Waals surface area contributed by atoms with Gasteiger partial charge in [-0.2, -0.15) is 0 Å². The van der Waals surface area contributed by atoms with E-state index in [1.807, 2.05) is 0 Å². The van der Waals surface area contributed by atoms with Crippen molar-refractivity contribution < 1.29 is 43.5 Å². The molecule has 2 aliphatic heterocycles. The van der Waals surface area contributed by atoms with E-state index >= 15 is 0 Å². The van der Waals surface area contributed by atoms with Gasteiger partial charge in [0.1, 0.15) is 42.3 Å². The van der Waals surface area contributed by atoms with E-state index in [0.717, 1.165) is 0 Å². The second-order valence-electron chi connectivity index (χ2n) is 14.7. The van der Waals surface area contributed by atoms with Gasteiger partial charge in [-0.1, -0.05) is 78.3 Å². The van der Waals surface area contributed by atoms with Crippen molar-refractivity contribution in [3.63, 3.8) is 0 Å². The number of amides is 8. The van der Waals surface area contributed by atoms with Crippen LogP contribution in [-0.4, -0.2) is 113 Å². The summed E-state index contributed by atoms with van der Waals surface area (Å²) in [6, 6.07) is -0.127. The van der Waals surface area contributed by atoms with Crippen molar-refractivity contribution in [2.24, 2.45) is 23.5 Å². The highest BCUT2D eigenvalue weighted by molar-refractivity contribution is 5.99. The van der Waals surface area contributed by atoms with E-state index < -0.39 is 120 Å². The molecule has 54 heavy (non-hydrogen) atoms. The number of carbonyl (C=O) groups excluding carboxylic acids is 8. The van der Waals surface area contributed by atoms with E-state index in [0.29, 0.717) is 18.4 Å². The molecule has 1 aromatic rings. The summed E-state index contributed by atoms with van der Waals surface area (Å²) >= 11 is 0. The summed E-state index contributed by atoms with van der Waals surface area (Å²) in [7, 11) is 0. The number of rotatable bonds is 9. The molecule has 0 radical (unpaired) electrons. The van der Waals surface area contributed by atoms with Crippen LogP contribution in [0.5, 0.6) is 0 Å². The average Bonchev–Trinajstić information content (AvgIpc) is 3.62. The number of fused-ring (bicyclic) bond motifs is 1. The lowest BCUT2D eigenvalue weighted by Gasteiger charge is -2.32. The van der Waals surface area contributed by atoms with Gasteiger partial charge >= 0.3 is 0 Å². The molecule has 9 N–H and O–H groups in total. The van der Waals surface area contributed by atoms with Crippen LogP contribution in [0, 0.1) is 17.8 Å². The lowest BCUT2D eigenvalue weighted by molar-refractivity contribution is -0.143. The van der Waals surface area contributed by atoms with Crippen molar-refractivity contribution in [2.45, 2.75) is 116 Å². The highest BCUT2D eigenvalue weighted by Gasteiger charge is 2.41. The van der Waals surface area contributed by atoms with Crippen LogP contribution < -0.4 is 37.6 Å². The first-order valence-electron chi connectivity index (χ1n) is 18.5. The number of aliphatic hydroxyl groups is 1. The first-order chi connectivity index (χ1) is 25.5. The largest absolute Gasteiger partial charge is 0.394 e. The summed E-state index contributed by atoms with van der Waals surface area (Å²) in [6.07, 6.45) is 0.506. The van der Waals surface area contributed by atoms with Gasteiger partial charge in [-0.3, -0.25) is 38.4 Å². The second-order valence-corrected chi connectivity index (χ2v) is 14.7. The van der Waals surface area contributed by atoms with Crippen LogP contribution in [0.4, 0.5) is 0 Å². The van der Waals surface area contributed by atoms with E-state index in [1.165, 1.54) is 4.90 Å². The molecule has 298 valence electrons. The fourth-order valence-corrected chi connectivity index (χ4v) is 6.45. The summed E-state index contributed by atoms with van der Waals surface area (Å²) in [5.41, 5.74) is 6.14. The first kappa shape index (κ1) is 43.3. The van der Waals surface area contributed by atoms with E-state index in [-0.39, 0.29) is 19.4 Å². The molecule has 0 bridgehead atoms. The van der Waals surface area contributed by atoms with Crippen LogP contribution in [0.2, 0.25) is 0 Å². The van der Waals surface area contributed by atoms with Crippen LogP contribution in [0.15, 0.2) is 30.3 Å². The molecule has 17 nitrogen and oxygen atoms in total. The number of nitrogens with one attached hydrogen (secondary N) is 6. The molecule has 8 atom stereocenters. The number of nitrogens with two attached hydrogens (primary N) is 1. The zero-order chi connectivity index (χ0) is 40.3. The zero-order valence-corrected chi connectivity index (χ0v) is 31.8. The molecule has 2 heterocycles. The predicted molar refractivity (Wildman–Crippen MR) is 196 cm³/mol. The Morgan fingerprint density at radius 2 is 1.24 bits per heavy atom. The van der Waals surface area contributed by atoms with Gasteiger partial charge < -0.3 is 47.6 Å². The summed E-state index contributed by atoms with van der Waals surface area (Å²) in [5.74, 6) is -7.87. The molecular formula is C37H56N8O9. The Morgan fingerprint density at radius 1 is 0.722 bits per heavy atom. The molecule has 1 aromatic carbocycles. The third kappa shape index (κ3) is 11.5. The lowest BCUT2D eigenvalue weighted by atomic mass is 9.97. The van der Waals surface area contributed by atoms with E-state index in [9.17, 15) is 43.5 Å². The van der Waals surface area contributed by atoms with E-state index in [2.05, 4.69) is 31.9 Å². The maximum absolute atomic E-state index is 14.0. The Hall–Kier alpha value is -5.06. The second kappa shape index (κ2) is 19.9. The molecule has 0 spiro atoms. The maximum atomic E-state index is 14.0. The standard InChI is InChI=1S/C37H56N8O9/c1-7-21(6)30-36(53)41-25(18-46)33(50)43-29(20(4)5)37(54)45-15-11-14-26(45)34(51)39-23(16-22-12-9-8-10-13-22)31(48)42-28(19(2)3)35(52)40-24(17-27(38)47)32(49)44-30/h8-10,12-13,19-21,23-26,28-30,46H,7,11,14-18H2,1-6H3,(H2,38,47)(H,39,51)(H,40,52)(H,41,53)(H,42,48)(H,43,50)(H,44,49). The Labute approximate surface area is 315 Å². The number of carbonyl (C=O) groups is 8. The summed E-state index contributed by atoms with van der Waals surface area (Å²) in [6.45, 7) is 9.46. The fraction of sp³-hybridized carbons (Fsp3) is 0.622. The van der Waals surface area contributed by atoms with Crippen LogP contribution in [-0.2, 0) is 44.8 Å². The molecule has 2 aliphatic rings. The van der Waals surface area contributed by atoms with Crippen molar-refractivity contribution in [3.05, 3.63) is 35.9 Å². The van der Waals surface area contributed by atoms with E-state index in [1.54, 1.807) is 71.9 Å². The van der Waals surface area contributed by atoms with Gasteiger partial charge in [0.2, 0.25) is 47.3 Å². The summed E-state index contributed by atoms with van der Waals surface area (Å²) < 4.78 is 0. The van der Waals surface area contributed by atoms with Crippen LogP contribution in [0.3, 0.4) is 0 Å². The van der Waals surface area contributed by atoms with Crippen molar-refractivity contribution in [3.8, 4) is 0 Å². The highest BCUT2D eigenvalue weighted by atomic mass is 16.3. The third-order valence-corrected chi connectivity index (χ3v) is 9.88. The number of aliphatic hydroxyl groups excluding tert-OH is 1. The van der Waals surface area contributed by atoms with Gasteiger partial charge in [0, 0.05) is 13.0 Å². The number of nitrogens with zero attached hydrogens (tertiary/aromatic N) is 1. The molecule has 3 rings (SSSR count). The van der Waals surface area contributed by atoms with Crippen LogP contribution in [0.25, 0.3) is 0 Å².